The molecule has 2 heterocycles. The van der Waals surface area contributed by atoms with E-state index in [0.29, 0.717) is 31.6 Å². The van der Waals surface area contributed by atoms with Gasteiger partial charge in [0.1, 0.15) is 6.54 Å². The van der Waals surface area contributed by atoms with Gasteiger partial charge in [-0.25, -0.2) is 9.69 Å². The number of anilines is 1. The van der Waals surface area contributed by atoms with Crippen molar-refractivity contribution in [3.63, 3.8) is 0 Å². The third-order valence-electron chi connectivity index (χ3n) is 5.11. The topological polar surface area (TPSA) is 87.2 Å². The molecule has 8 nitrogen and oxygen atoms in total. The summed E-state index contributed by atoms with van der Waals surface area (Å²) < 4.78 is 5.13. The zero-order valence-electron chi connectivity index (χ0n) is 16.4. The molecular formula is C20H25N3O5. The maximum absolute atomic E-state index is 12.8. The molecule has 1 aromatic rings. The van der Waals surface area contributed by atoms with Crippen LogP contribution in [-0.2, 0) is 19.1 Å². The third kappa shape index (κ3) is 3.85. The van der Waals surface area contributed by atoms with Gasteiger partial charge in [-0.2, -0.15) is 0 Å². The van der Waals surface area contributed by atoms with Crippen LogP contribution in [0.25, 0.3) is 0 Å². The van der Waals surface area contributed by atoms with Gasteiger partial charge in [-0.15, -0.1) is 0 Å². The summed E-state index contributed by atoms with van der Waals surface area (Å²) in [7, 11) is 0. The average molecular weight is 387 g/mol. The van der Waals surface area contributed by atoms with Crippen LogP contribution in [0.15, 0.2) is 30.3 Å². The lowest BCUT2D eigenvalue weighted by atomic mass is 10.0. The Hall–Kier alpha value is -2.90. The third-order valence-corrected chi connectivity index (χ3v) is 5.11. The van der Waals surface area contributed by atoms with E-state index in [0.717, 1.165) is 0 Å². The number of likely N-dealkylation sites (tertiary alicyclic amines) is 1. The Balaban J connectivity index is 1.62. The van der Waals surface area contributed by atoms with Crippen LogP contribution in [-0.4, -0.2) is 64.9 Å². The van der Waals surface area contributed by atoms with E-state index >= 15 is 0 Å². The van der Waals surface area contributed by atoms with Crippen LogP contribution in [0.4, 0.5) is 10.5 Å². The number of carbonyl (C=O) groups is 4. The molecule has 0 N–H and O–H groups in total. The Bertz CT molecular complexity index is 784. The average Bonchev–Trinajstić information content (AvgIpc) is 2.95. The van der Waals surface area contributed by atoms with Crippen molar-refractivity contribution < 1.29 is 23.9 Å². The highest BCUT2D eigenvalue weighted by Gasteiger charge is 2.43. The first-order valence-corrected chi connectivity index (χ1v) is 9.38. The highest BCUT2D eigenvalue weighted by Crippen LogP contribution is 2.27. The molecule has 2 saturated heterocycles. The van der Waals surface area contributed by atoms with Crippen LogP contribution in [0.1, 0.15) is 33.6 Å². The van der Waals surface area contributed by atoms with Crippen molar-refractivity contribution in [3.05, 3.63) is 30.3 Å². The molecule has 0 spiro atoms. The molecule has 0 bridgehead atoms. The van der Waals surface area contributed by atoms with Gasteiger partial charge < -0.3 is 14.5 Å². The number of rotatable bonds is 4. The largest absolute Gasteiger partial charge is 0.450 e. The van der Waals surface area contributed by atoms with Crippen molar-refractivity contribution in [1.82, 2.24) is 9.80 Å². The van der Waals surface area contributed by atoms with Crippen LogP contribution >= 0.6 is 0 Å². The number of ether oxygens (including phenoxy) is 1. The monoisotopic (exact) mass is 387 g/mol. The first kappa shape index (κ1) is 19.9. The Morgan fingerprint density at radius 1 is 1.07 bits per heavy atom. The van der Waals surface area contributed by atoms with Crippen LogP contribution in [0, 0.1) is 0 Å². The zero-order valence-corrected chi connectivity index (χ0v) is 16.4. The maximum Gasteiger partial charge on any atom is 0.332 e. The van der Waals surface area contributed by atoms with Crippen molar-refractivity contribution in [2.45, 2.75) is 45.3 Å². The molecule has 0 unspecified atom stereocenters. The van der Waals surface area contributed by atoms with Crippen molar-refractivity contribution in [2.75, 3.05) is 24.5 Å². The summed E-state index contributed by atoms with van der Waals surface area (Å²) in [5.74, 6) is -1.00. The number of carbonyl (C=O) groups excluding carboxylic acids is 4. The molecule has 150 valence electrons. The van der Waals surface area contributed by atoms with E-state index < -0.39 is 11.6 Å². The molecule has 0 aromatic heterocycles. The Labute approximate surface area is 164 Å². The zero-order chi connectivity index (χ0) is 20.5. The summed E-state index contributed by atoms with van der Waals surface area (Å²) in [4.78, 5) is 53.5. The molecule has 2 aliphatic heterocycles. The molecule has 8 heteroatoms. The van der Waals surface area contributed by atoms with Gasteiger partial charge in [0, 0.05) is 26.1 Å². The fourth-order valence-electron chi connectivity index (χ4n) is 3.80. The molecule has 0 radical (unpaired) electrons. The molecule has 2 aliphatic rings. The highest BCUT2D eigenvalue weighted by molar-refractivity contribution is 6.19. The van der Waals surface area contributed by atoms with Crippen LogP contribution < -0.4 is 4.90 Å². The number of nitrogens with zero attached hydrogens (tertiary/aromatic N) is 3. The van der Waals surface area contributed by atoms with Crippen molar-refractivity contribution in [3.8, 4) is 0 Å². The number of hydrogen-bond donors (Lipinski definition) is 0. The lowest BCUT2D eigenvalue weighted by Gasteiger charge is -2.38. The standard InChI is InChI=1S/C20H25N3O5/c1-14(24)28-20(2,3)18(26)21-11-9-15(10-12-21)22-13-17(25)23(19(22)27)16-7-5-4-6-8-16/h4-8,15H,9-13H2,1-3H3. The number of urea groups is 1. The number of benzene rings is 1. The lowest BCUT2D eigenvalue weighted by Crippen LogP contribution is -2.53. The van der Waals surface area contributed by atoms with Crippen LogP contribution in [0.2, 0.25) is 0 Å². The summed E-state index contributed by atoms with van der Waals surface area (Å²) in [6, 6.07) is 8.44. The summed E-state index contributed by atoms with van der Waals surface area (Å²) in [6.07, 6.45) is 1.15. The molecular weight excluding hydrogens is 362 g/mol. The number of esters is 1. The second kappa shape index (κ2) is 7.61. The van der Waals surface area contributed by atoms with Gasteiger partial charge in [-0.3, -0.25) is 14.4 Å². The molecule has 0 aliphatic carbocycles. The van der Waals surface area contributed by atoms with E-state index in [1.807, 2.05) is 6.07 Å². The van der Waals surface area contributed by atoms with Gasteiger partial charge in [-0.05, 0) is 38.8 Å². The minimum Gasteiger partial charge on any atom is -0.450 e. The van der Waals surface area contributed by atoms with Crippen molar-refractivity contribution in [2.24, 2.45) is 0 Å². The van der Waals surface area contributed by atoms with E-state index in [1.165, 1.54) is 11.8 Å². The van der Waals surface area contributed by atoms with Crippen molar-refractivity contribution >= 4 is 29.5 Å². The minimum absolute atomic E-state index is 0.0469. The number of piperidine rings is 1. The van der Waals surface area contributed by atoms with Crippen LogP contribution in [0.5, 0.6) is 0 Å². The Morgan fingerprint density at radius 3 is 2.25 bits per heavy atom. The van der Waals surface area contributed by atoms with E-state index in [2.05, 4.69) is 0 Å². The van der Waals surface area contributed by atoms with E-state index in [4.69, 9.17) is 4.74 Å². The molecule has 1 aromatic carbocycles. The van der Waals surface area contributed by atoms with Gasteiger partial charge in [-0.1, -0.05) is 18.2 Å². The fourth-order valence-corrected chi connectivity index (χ4v) is 3.80. The first-order chi connectivity index (χ1) is 13.2. The normalized spacial score (nSPS) is 18.6. The predicted octanol–water partition coefficient (Wildman–Crippen LogP) is 1.79. The highest BCUT2D eigenvalue weighted by atomic mass is 16.6. The van der Waals surface area contributed by atoms with Gasteiger partial charge in [0.25, 0.3) is 11.8 Å². The summed E-state index contributed by atoms with van der Waals surface area (Å²) >= 11 is 0. The van der Waals surface area contributed by atoms with Crippen LogP contribution in [0.3, 0.4) is 0 Å². The fraction of sp³-hybridized carbons (Fsp3) is 0.500. The molecule has 4 amide bonds. The molecule has 0 atom stereocenters. The Morgan fingerprint density at radius 2 is 1.68 bits per heavy atom. The summed E-state index contributed by atoms with van der Waals surface area (Å²) in [5.41, 5.74) is -0.655. The van der Waals surface area contributed by atoms with E-state index in [-0.39, 0.29) is 30.4 Å². The number of imide groups is 1. The smallest absolute Gasteiger partial charge is 0.332 e. The summed E-state index contributed by atoms with van der Waals surface area (Å²) in [5, 5.41) is 0. The molecule has 0 saturated carbocycles. The second-order valence-electron chi connectivity index (χ2n) is 7.60. The second-order valence-corrected chi connectivity index (χ2v) is 7.60. The number of amides is 4. The number of hydrogen-bond acceptors (Lipinski definition) is 5. The van der Waals surface area contributed by atoms with Gasteiger partial charge in [0.05, 0.1) is 5.69 Å². The number of para-hydroxylation sites is 1. The van der Waals surface area contributed by atoms with Gasteiger partial charge in [0.15, 0.2) is 5.60 Å². The molecule has 2 fully saturated rings. The van der Waals surface area contributed by atoms with Gasteiger partial charge >= 0.3 is 12.0 Å². The predicted molar refractivity (Wildman–Crippen MR) is 101 cm³/mol. The first-order valence-electron chi connectivity index (χ1n) is 9.38. The maximum atomic E-state index is 12.8. The SMILES string of the molecule is CC(=O)OC(C)(C)C(=O)N1CCC(N2CC(=O)N(c3ccccc3)C2=O)CC1. The van der Waals surface area contributed by atoms with E-state index in [1.54, 1.807) is 47.9 Å². The van der Waals surface area contributed by atoms with Gasteiger partial charge in [0.2, 0.25) is 0 Å². The molecule has 3 rings (SSSR count). The Kier molecular flexibility index (Phi) is 5.40. The summed E-state index contributed by atoms with van der Waals surface area (Å²) in [6.45, 7) is 5.35. The lowest BCUT2D eigenvalue weighted by molar-refractivity contribution is -0.169. The molecule has 28 heavy (non-hydrogen) atoms. The van der Waals surface area contributed by atoms with Crippen molar-refractivity contribution in [1.29, 1.82) is 0 Å². The quantitative estimate of drug-likeness (QED) is 0.581. The minimum atomic E-state index is -1.22. The van der Waals surface area contributed by atoms with E-state index in [9.17, 15) is 19.2 Å².